The van der Waals surface area contributed by atoms with Gasteiger partial charge in [-0.05, 0) is 31.0 Å². The van der Waals surface area contributed by atoms with Crippen LogP contribution in [0.1, 0.15) is 15.3 Å². The van der Waals surface area contributed by atoms with E-state index in [0.717, 1.165) is 13.0 Å². The number of halogens is 1. The van der Waals surface area contributed by atoms with E-state index in [9.17, 15) is 4.79 Å². The molecular formula is C16H20ClNO2S. The largest absolute Gasteiger partial charge is 0.480 e. The monoisotopic (exact) mass is 325 g/mol. The maximum absolute atomic E-state index is 11.0. The third-order valence-corrected chi connectivity index (χ3v) is 4.08. The Kier molecular flexibility index (Phi) is 7.43. The van der Waals surface area contributed by atoms with Gasteiger partial charge in [-0.25, -0.2) is 0 Å². The molecule has 0 aliphatic heterocycles. The number of hydrogen-bond donors (Lipinski definition) is 1. The van der Waals surface area contributed by atoms with Crippen LogP contribution in [-0.4, -0.2) is 29.1 Å². The third-order valence-electron chi connectivity index (χ3n) is 3.09. The smallest absolute Gasteiger partial charge is 0.317 e. The predicted molar refractivity (Wildman–Crippen MR) is 89.4 cm³/mol. The van der Waals surface area contributed by atoms with Crippen molar-refractivity contribution in [3.05, 3.63) is 57.8 Å². The zero-order chi connectivity index (χ0) is 14.4. The molecule has 1 heterocycles. The summed E-state index contributed by atoms with van der Waals surface area (Å²) in [5.41, 5.74) is 1.24. The number of carbonyl (C=O) groups is 1. The van der Waals surface area contributed by atoms with Crippen molar-refractivity contribution in [3.63, 3.8) is 0 Å². The lowest BCUT2D eigenvalue weighted by Gasteiger charge is -2.19. The van der Waals surface area contributed by atoms with Crippen LogP contribution in [-0.2, 0) is 17.8 Å². The first kappa shape index (κ1) is 17.7. The Labute approximate surface area is 135 Å². The highest BCUT2D eigenvalue weighted by Crippen LogP contribution is 2.17. The summed E-state index contributed by atoms with van der Waals surface area (Å²) in [5, 5.41) is 9.03. The maximum atomic E-state index is 11.0. The van der Waals surface area contributed by atoms with Crippen molar-refractivity contribution in [1.82, 2.24) is 4.90 Å². The summed E-state index contributed by atoms with van der Waals surface area (Å²) in [4.78, 5) is 15.4. The molecule has 0 saturated carbocycles. The molecule has 0 amide bonds. The maximum Gasteiger partial charge on any atom is 0.317 e. The summed E-state index contributed by atoms with van der Waals surface area (Å²) in [6, 6.07) is 14.3. The van der Waals surface area contributed by atoms with Gasteiger partial charge >= 0.3 is 5.97 Å². The number of carboxylic acid groups (broad SMARTS) is 1. The second-order valence-corrected chi connectivity index (χ2v) is 6.22. The average Bonchev–Trinajstić information content (AvgIpc) is 2.82. The van der Waals surface area contributed by atoms with E-state index < -0.39 is 5.97 Å². The van der Waals surface area contributed by atoms with Crippen LogP contribution in [0.25, 0.3) is 0 Å². The Morgan fingerprint density at radius 1 is 1.19 bits per heavy atom. The first-order chi connectivity index (χ1) is 9.63. The highest BCUT2D eigenvalue weighted by atomic mass is 35.5. The number of carboxylic acids is 1. The zero-order valence-electron chi connectivity index (χ0n) is 12.0. The van der Waals surface area contributed by atoms with Gasteiger partial charge in [0.1, 0.15) is 0 Å². The third kappa shape index (κ3) is 6.29. The van der Waals surface area contributed by atoms with E-state index in [1.54, 1.807) is 11.3 Å². The summed E-state index contributed by atoms with van der Waals surface area (Å²) in [6.45, 7) is 3.62. The first-order valence-corrected chi connectivity index (χ1v) is 7.48. The van der Waals surface area contributed by atoms with Gasteiger partial charge in [-0.3, -0.25) is 9.69 Å². The van der Waals surface area contributed by atoms with Gasteiger partial charge in [-0.1, -0.05) is 30.3 Å². The van der Waals surface area contributed by atoms with Crippen LogP contribution >= 0.6 is 23.7 Å². The molecular weight excluding hydrogens is 306 g/mol. The molecule has 114 valence electrons. The quantitative estimate of drug-likeness (QED) is 0.845. The van der Waals surface area contributed by atoms with Gasteiger partial charge in [0.25, 0.3) is 0 Å². The molecule has 3 nitrogen and oxygen atoms in total. The number of benzene rings is 1. The Morgan fingerprint density at radius 2 is 1.90 bits per heavy atom. The lowest BCUT2D eigenvalue weighted by atomic mass is 10.1. The molecule has 0 bridgehead atoms. The lowest BCUT2D eigenvalue weighted by molar-refractivity contribution is -0.138. The predicted octanol–water partition coefficient (Wildman–Crippen LogP) is 3.61. The molecule has 1 aromatic heterocycles. The normalized spacial score (nSPS) is 10.4. The van der Waals surface area contributed by atoms with Crippen molar-refractivity contribution in [2.24, 2.45) is 0 Å². The molecule has 1 aromatic carbocycles. The molecule has 5 heteroatoms. The summed E-state index contributed by atoms with van der Waals surface area (Å²) < 4.78 is 0. The molecule has 0 aliphatic carbocycles. The van der Waals surface area contributed by atoms with Gasteiger partial charge in [-0.2, -0.15) is 0 Å². The number of nitrogens with zero attached hydrogens (tertiary/aromatic N) is 1. The fraction of sp³-hybridized carbons (Fsp3) is 0.312. The van der Waals surface area contributed by atoms with Crippen molar-refractivity contribution in [3.8, 4) is 0 Å². The van der Waals surface area contributed by atoms with Crippen molar-refractivity contribution in [2.75, 3.05) is 13.1 Å². The average molecular weight is 326 g/mol. The summed E-state index contributed by atoms with van der Waals surface area (Å²) in [6.07, 6.45) is 0.873. The van der Waals surface area contributed by atoms with Crippen molar-refractivity contribution in [2.45, 2.75) is 19.9 Å². The number of rotatable bonds is 7. The Morgan fingerprint density at radius 3 is 2.48 bits per heavy atom. The van der Waals surface area contributed by atoms with Crippen LogP contribution in [0.15, 0.2) is 42.5 Å². The molecule has 0 radical (unpaired) electrons. The minimum atomic E-state index is -0.772. The van der Waals surface area contributed by atoms with Crippen LogP contribution in [0.2, 0.25) is 0 Å². The second-order valence-electron chi connectivity index (χ2n) is 4.85. The van der Waals surface area contributed by atoms with Crippen LogP contribution in [0.3, 0.4) is 0 Å². The van der Waals surface area contributed by atoms with Gasteiger partial charge in [0.2, 0.25) is 0 Å². The molecule has 21 heavy (non-hydrogen) atoms. The number of aliphatic carboxylic acids is 1. The topological polar surface area (TPSA) is 40.5 Å². The standard InChI is InChI=1S/C16H19NO2S.ClH/c1-13-7-8-15(20-13)11-17(12-16(18)19)10-9-14-5-3-2-4-6-14;/h2-8H,9-12H2,1H3,(H,18,19);1H. The minimum Gasteiger partial charge on any atom is -0.480 e. The molecule has 2 aromatic rings. The molecule has 2 rings (SSSR count). The highest BCUT2D eigenvalue weighted by molar-refractivity contribution is 7.11. The number of thiophene rings is 1. The Balaban J connectivity index is 0.00000220. The van der Waals surface area contributed by atoms with Gasteiger partial charge in [0.05, 0.1) is 6.54 Å². The van der Waals surface area contributed by atoms with Crippen molar-refractivity contribution < 1.29 is 9.90 Å². The number of aryl methyl sites for hydroxylation is 1. The molecule has 0 aliphatic rings. The summed E-state index contributed by atoms with van der Waals surface area (Å²) in [7, 11) is 0. The molecule has 1 N–H and O–H groups in total. The zero-order valence-corrected chi connectivity index (χ0v) is 13.6. The van der Waals surface area contributed by atoms with Crippen LogP contribution in [0.4, 0.5) is 0 Å². The van der Waals surface area contributed by atoms with E-state index in [-0.39, 0.29) is 19.0 Å². The molecule has 0 spiro atoms. The van der Waals surface area contributed by atoms with Gasteiger partial charge in [-0.15, -0.1) is 23.7 Å². The van der Waals surface area contributed by atoms with Crippen molar-refractivity contribution >= 4 is 29.7 Å². The van der Waals surface area contributed by atoms with E-state index in [1.165, 1.54) is 15.3 Å². The molecule has 0 saturated heterocycles. The fourth-order valence-electron chi connectivity index (χ4n) is 2.13. The van der Waals surface area contributed by atoms with E-state index >= 15 is 0 Å². The second kappa shape index (κ2) is 8.82. The van der Waals surface area contributed by atoms with Gasteiger partial charge in [0, 0.05) is 22.8 Å². The fourth-order valence-corrected chi connectivity index (χ4v) is 3.06. The van der Waals surface area contributed by atoms with E-state index in [0.29, 0.717) is 6.54 Å². The molecule has 0 atom stereocenters. The van der Waals surface area contributed by atoms with Gasteiger partial charge < -0.3 is 5.11 Å². The van der Waals surface area contributed by atoms with Crippen LogP contribution in [0.5, 0.6) is 0 Å². The summed E-state index contributed by atoms with van der Waals surface area (Å²) >= 11 is 1.73. The highest BCUT2D eigenvalue weighted by Gasteiger charge is 2.11. The first-order valence-electron chi connectivity index (χ1n) is 6.67. The lowest BCUT2D eigenvalue weighted by Crippen LogP contribution is -2.31. The minimum absolute atomic E-state index is 0. The summed E-state index contributed by atoms with van der Waals surface area (Å²) in [5.74, 6) is -0.772. The van der Waals surface area contributed by atoms with E-state index in [4.69, 9.17) is 5.11 Å². The molecule has 0 unspecified atom stereocenters. The van der Waals surface area contributed by atoms with Gasteiger partial charge in [0.15, 0.2) is 0 Å². The molecule has 0 fully saturated rings. The van der Waals surface area contributed by atoms with Crippen molar-refractivity contribution in [1.29, 1.82) is 0 Å². The van der Waals surface area contributed by atoms with E-state index in [2.05, 4.69) is 31.2 Å². The Hall–Kier alpha value is -1.36. The van der Waals surface area contributed by atoms with E-state index in [1.807, 2.05) is 23.1 Å². The van der Waals surface area contributed by atoms with Crippen LogP contribution < -0.4 is 0 Å². The SMILES string of the molecule is Cc1ccc(CN(CCc2ccccc2)CC(=O)O)s1.Cl. The number of hydrogen-bond acceptors (Lipinski definition) is 3. The van der Waals surface area contributed by atoms with Crippen LogP contribution in [0, 0.1) is 6.92 Å². The Bertz CT molecular complexity index is 556.